The third-order valence-corrected chi connectivity index (χ3v) is 2.98. The molecule has 0 aliphatic carbocycles. The molecular weight excluding hydrogens is 254 g/mol. The van der Waals surface area contributed by atoms with Crippen molar-refractivity contribution in [3.8, 4) is 0 Å². The molecule has 0 unspecified atom stereocenters. The lowest BCUT2D eigenvalue weighted by molar-refractivity contribution is 0.0600. The molecule has 2 aromatic rings. The molecule has 0 saturated carbocycles. The number of ether oxygens (including phenoxy) is 1. The summed E-state index contributed by atoms with van der Waals surface area (Å²) < 4.78 is 4.65. The number of anilines is 1. The summed E-state index contributed by atoms with van der Waals surface area (Å²) in [6, 6.07) is 14.9. The molecule has 104 valence electrons. The first-order valence-electron chi connectivity index (χ1n) is 6.34. The second-order valence-electron chi connectivity index (χ2n) is 4.40. The highest BCUT2D eigenvalue weighted by Gasteiger charge is 2.04. The van der Waals surface area contributed by atoms with Crippen molar-refractivity contribution in [2.75, 3.05) is 12.4 Å². The number of hydrogen-bond acceptors (Lipinski definition) is 4. The third-order valence-electron chi connectivity index (χ3n) is 2.98. The summed E-state index contributed by atoms with van der Waals surface area (Å²) in [7, 11) is 1.37. The zero-order chi connectivity index (χ0) is 14.4. The van der Waals surface area contributed by atoms with Crippen molar-refractivity contribution < 1.29 is 14.6 Å². The number of carbonyl (C=O) groups is 1. The van der Waals surface area contributed by atoms with E-state index in [2.05, 4.69) is 10.1 Å². The zero-order valence-electron chi connectivity index (χ0n) is 11.3. The molecule has 20 heavy (non-hydrogen) atoms. The summed E-state index contributed by atoms with van der Waals surface area (Å²) in [5, 5.41) is 12.4. The van der Waals surface area contributed by atoms with Crippen LogP contribution in [0.5, 0.6) is 0 Å². The number of benzene rings is 2. The topological polar surface area (TPSA) is 58.6 Å². The van der Waals surface area contributed by atoms with Gasteiger partial charge < -0.3 is 15.2 Å². The standard InChI is InChI=1S/C16H17NO3/c1-20-16(19)14-7-5-12(6-8-14)10-17-15-4-2-3-13(9-15)11-18/h2-9,17-18H,10-11H2,1H3. The monoisotopic (exact) mass is 271 g/mol. The van der Waals surface area contributed by atoms with Crippen LogP contribution in [0.2, 0.25) is 0 Å². The zero-order valence-corrected chi connectivity index (χ0v) is 11.3. The summed E-state index contributed by atoms with van der Waals surface area (Å²) in [5.74, 6) is -0.333. The Labute approximate surface area is 118 Å². The van der Waals surface area contributed by atoms with E-state index in [1.807, 2.05) is 36.4 Å². The molecule has 0 heterocycles. The first kappa shape index (κ1) is 14.1. The molecule has 0 atom stereocenters. The Bertz CT molecular complexity index is 579. The third kappa shape index (κ3) is 3.59. The van der Waals surface area contributed by atoms with E-state index in [4.69, 9.17) is 5.11 Å². The Kier molecular flexibility index (Phi) is 4.74. The molecule has 4 nitrogen and oxygen atoms in total. The summed E-state index contributed by atoms with van der Waals surface area (Å²) in [5.41, 5.74) is 3.43. The fourth-order valence-electron chi connectivity index (χ4n) is 1.86. The Morgan fingerprint density at radius 3 is 2.55 bits per heavy atom. The number of carbonyl (C=O) groups excluding carboxylic acids is 1. The van der Waals surface area contributed by atoms with E-state index in [9.17, 15) is 4.79 Å². The Morgan fingerprint density at radius 1 is 1.15 bits per heavy atom. The number of aliphatic hydroxyl groups excluding tert-OH is 1. The summed E-state index contributed by atoms with van der Waals surface area (Å²) in [6.45, 7) is 0.680. The molecule has 0 aliphatic rings. The van der Waals surface area contributed by atoms with Crippen LogP contribution in [0.4, 0.5) is 5.69 Å². The van der Waals surface area contributed by atoms with Crippen molar-refractivity contribution in [1.82, 2.24) is 0 Å². The maximum Gasteiger partial charge on any atom is 0.337 e. The normalized spacial score (nSPS) is 10.1. The molecule has 0 spiro atoms. The molecule has 0 saturated heterocycles. The van der Waals surface area contributed by atoms with E-state index in [1.165, 1.54) is 7.11 Å². The van der Waals surface area contributed by atoms with Gasteiger partial charge in [-0.2, -0.15) is 0 Å². The lowest BCUT2D eigenvalue weighted by atomic mass is 10.1. The second-order valence-corrected chi connectivity index (χ2v) is 4.40. The van der Waals surface area contributed by atoms with Gasteiger partial charge in [0.25, 0.3) is 0 Å². The number of nitrogens with one attached hydrogen (secondary N) is 1. The average molecular weight is 271 g/mol. The molecule has 0 aromatic heterocycles. The van der Waals surface area contributed by atoms with Crippen LogP contribution in [0.3, 0.4) is 0 Å². The smallest absolute Gasteiger partial charge is 0.337 e. The van der Waals surface area contributed by atoms with Gasteiger partial charge in [0.1, 0.15) is 0 Å². The summed E-state index contributed by atoms with van der Waals surface area (Å²) in [6.07, 6.45) is 0. The van der Waals surface area contributed by atoms with Crippen LogP contribution in [0.1, 0.15) is 21.5 Å². The number of aliphatic hydroxyl groups is 1. The molecule has 0 radical (unpaired) electrons. The van der Waals surface area contributed by atoms with Gasteiger partial charge >= 0.3 is 5.97 Å². The van der Waals surface area contributed by atoms with Gasteiger partial charge in [-0.05, 0) is 35.4 Å². The molecular formula is C16H17NO3. The van der Waals surface area contributed by atoms with E-state index in [1.54, 1.807) is 12.1 Å². The predicted molar refractivity (Wildman–Crippen MR) is 77.5 cm³/mol. The minimum Gasteiger partial charge on any atom is -0.465 e. The van der Waals surface area contributed by atoms with Crippen LogP contribution in [0.15, 0.2) is 48.5 Å². The van der Waals surface area contributed by atoms with Gasteiger partial charge in [0.2, 0.25) is 0 Å². The summed E-state index contributed by atoms with van der Waals surface area (Å²) in [4.78, 5) is 11.3. The molecule has 0 fully saturated rings. The highest BCUT2D eigenvalue weighted by molar-refractivity contribution is 5.89. The van der Waals surface area contributed by atoms with Crippen molar-refractivity contribution >= 4 is 11.7 Å². The van der Waals surface area contributed by atoms with Gasteiger partial charge in [-0.25, -0.2) is 4.79 Å². The van der Waals surface area contributed by atoms with E-state index in [0.717, 1.165) is 16.8 Å². The van der Waals surface area contributed by atoms with E-state index < -0.39 is 0 Å². The van der Waals surface area contributed by atoms with E-state index >= 15 is 0 Å². The highest BCUT2D eigenvalue weighted by Crippen LogP contribution is 2.13. The van der Waals surface area contributed by atoms with Crippen molar-refractivity contribution in [2.24, 2.45) is 0 Å². The van der Waals surface area contributed by atoms with Gasteiger partial charge in [-0.1, -0.05) is 24.3 Å². The van der Waals surface area contributed by atoms with E-state index in [0.29, 0.717) is 12.1 Å². The quantitative estimate of drug-likeness (QED) is 0.821. The SMILES string of the molecule is COC(=O)c1ccc(CNc2cccc(CO)c2)cc1. The maximum atomic E-state index is 11.3. The Balaban J connectivity index is 1.98. The molecule has 2 aromatic carbocycles. The van der Waals surface area contributed by atoms with Crippen molar-refractivity contribution in [1.29, 1.82) is 0 Å². The van der Waals surface area contributed by atoms with Gasteiger partial charge in [-0.15, -0.1) is 0 Å². The second kappa shape index (κ2) is 6.73. The molecule has 2 rings (SSSR count). The number of methoxy groups -OCH3 is 1. The van der Waals surface area contributed by atoms with Crippen LogP contribution in [-0.2, 0) is 17.9 Å². The number of esters is 1. The van der Waals surface area contributed by atoms with Gasteiger partial charge in [0.05, 0.1) is 19.3 Å². The lowest BCUT2D eigenvalue weighted by Gasteiger charge is -2.08. The minimum absolute atomic E-state index is 0.0311. The van der Waals surface area contributed by atoms with Crippen molar-refractivity contribution in [3.63, 3.8) is 0 Å². The molecule has 2 N–H and O–H groups in total. The van der Waals surface area contributed by atoms with Crippen LogP contribution < -0.4 is 5.32 Å². The van der Waals surface area contributed by atoms with Crippen LogP contribution >= 0.6 is 0 Å². The number of hydrogen-bond donors (Lipinski definition) is 2. The molecule has 4 heteroatoms. The minimum atomic E-state index is -0.333. The van der Waals surface area contributed by atoms with Crippen molar-refractivity contribution in [2.45, 2.75) is 13.2 Å². The van der Waals surface area contributed by atoms with Gasteiger partial charge in [-0.3, -0.25) is 0 Å². The molecule has 0 bridgehead atoms. The van der Waals surface area contributed by atoms with Crippen LogP contribution in [0.25, 0.3) is 0 Å². The van der Waals surface area contributed by atoms with Crippen molar-refractivity contribution in [3.05, 3.63) is 65.2 Å². The Morgan fingerprint density at radius 2 is 1.90 bits per heavy atom. The highest BCUT2D eigenvalue weighted by atomic mass is 16.5. The van der Waals surface area contributed by atoms with Crippen LogP contribution in [-0.4, -0.2) is 18.2 Å². The molecule has 0 aliphatic heterocycles. The van der Waals surface area contributed by atoms with Gasteiger partial charge in [0.15, 0.2) is 0 Å². The first-order chi connectivity index (χ1) is 9.72. The average Bonchev–Trinajstić information content (AvgIpc) is 2.53. The predicted octanol–water partition coefficient (Wildman–Crippen LogP) is 2.58. The summed E-state index contributed by atoms with van der Waals surface area (Å²) >= 11 is 0. The largest absolute Gasteiger partial charge is 0.465 e. The fourth-order valence-corrected chi connectivity index (χ4v) is 1.86. The molecule has 0 amide bonds. The first-order valence-corrected chi connectivity index (χ1v) is 6.34. The van der Waals surface area contributed by atoms with Crippen LogP contribution in [0, 0.1) is 0 Å². The maximum absolute atomic E-state index is 11.3. The number of rotatable bonds is 5. The van der Waals surface area contributed by atoms with E-state index in [-0.39, 0.29) is 12.6 Å². The Hall–Kier alpha value is -2.33. The lowest BCUT2D eigenvalue weighted by Crippen LogP contribution is -2.03. The fraction of sp³-hybridized carbons (Fsp3) is 0.188. The van der Waals surface area contributed by atoms with Gasteiger partial charge in [0, 0.05) is 12.2 Å².